The van der Waals surface area contributed by atoms with E-state index in [1.165, 1.54) is 0 Å². The molecule has 0 bridgehead atoms. The molecule has 3 heteroatoms. The summed E-state index contributed by atoms with van der Waals surface area (Å²) >= 11 is 1.71. The van der Waals surface area contributed by atoms with E-state index in [0.717, 1.165) is 12.4 Å². The fraction of sp³-hybridized carbons (Fsp3) is 0.833. The number of amides is 1. The highest BCUT2D eigenvalue weighted by atomic mass is 32.2. The molecule has 1 aliphatic rings. The van der Waals surface area contributed by atoms with Crippen molar-refractivity contribution in [3.63, 3.8) is 0 Å². The van der Waals surface area contributed by atoms with Gasteiger partial charge in [-0.2, -0.15) is 0 Å². The molecule has 1 heterocycles. The predicted octanol–water partition coefficient (Wildman–Crippen LogP) is 0.928. The van der Waals surface area contributed by atoms with E-state index in [0.29, 0.717) is 5.91 Å². The van der Waals surface area contributed by atoms with Crippen molar-refractivity contribution >= 4 is 17.7 Å². The summed E-state index contributed by atoms with van der Waals surface area (Å²) in [6.07, 6.45) is 0. The van der Waals surface area contributed by atoms with Crippen LogP contribution < -0.4 is 0 Å². The normalized spacial score (nSPS) is 27.6. The highest BCUT2D eigenvalue weighted by molar-refractivity contribution is 8.01. The van der Waals surface area contributed by atoms with E-state index < -0.39 is 0 Å². The Balaban J connectivity index is 2.51. The molecule has 1 aliphatic heterocycles. The van der Waals surface area contributed by atoms with Crippen LogP contribution in [0.5, 0.6) is 0 Å². The Morgan fingerprint density at radius 3 is 2.78 bits per heavy atom. The minimum atomic E-state index is 0.199. The van der Waals surface area contributed by atoms with Gasteiger partial charge in [0.05, 0.1) is 11.1 Å². The lowest BCUT2D eigenvalue weighted by molar-refractivity contribution is -0.128. The molecule has 0 aromatic carbocycles. The SMILES string of the molecule is CCN1CSC(C)C1=O. The molecule has 2 nitrogen and oxygen atoms in total. The van der Waals surface area contributed by atoms with Crippen LogP contribution in [0.4, 0.5) is 0 Å². The van der Waals surface area contributed by atoms with Crippen LogP contribution in [0, 0.1) is 0 Å². The minimum absolute atomic E-state index is 0.199. The summed E-state index contributed by atoms with van der Waals surface area (Å²) in [6, 6.07) is 0. The van der Waals surface area contributed by atoms with E-state index in [9.17, 15) is 4.79 Å². The maximum Gasteiger partial charge on any atom is 0.236 e. The molecule has 0 saturated carbocycles. The fourth-order valence-electron chi connectivity index (χ4n) is 0.841. The van der Waals surface area contributed by atoms with Crippen molar-refractivity contribution in [1.29, 1.82) is 0 Å². The van der Waals surface area contributed by atoms with Crippen molar-refractivity contribution in [2.24, 2.45) is 0 Å². The second-order valence-corrected chi connectivity index (χ2v) is 3.43. The Kier molecular flexibility index (Phi) is 2.01. The van der Waals surface area contributed by atoms with Gasteiger partial charge in [-0.25, -0.2) is 0 Å². The average Bonchev–Trinajstić information content (AvgIpc) is 2.15. The molecule has 1 atom stereocenters. The third-order valence-electron chi connectivity index (χ3n) is 1.52. The number of rotatable bonds is 1. The van der Waals surface area contributed by atoms with Crippen LogP contribution in [0.2, 0.25) is 0 Å². The quantitative estimate of drug-likeness (QED) is 0.547. The number of carbonyl (C=O) groups excluding carboxylic acids is 1. The standard InChI is InChI=1S/C6H11NOS/c1-3-7-4-9-5(2)6(7)8/h5H,3-4H2,1-2H3. The first-order valence-corrected chi connectivity index (χ1v) is 4.21. The van der Waals surface area contributed by atoms with Crippen molar-refractivity contribution in [2.45, 2.75) is 19.1 Å². The number of thioether (sulfide) groups is 1. The van der Waals surface area contributed by atoms with E-state index in [2.05, 4.69) is 0 Å². The minimum Gasteiger partial charge on any atom is -0.333 e. The smallest absolute Gasteiger partial charge is 0.236 e. The van der Waals surface area contributed by atoms with Crippen molar-refractivity contribution < 1.29 is 4.79 Å². The first-order valence-electron chi connectivity index (χ1n) is 3.16. The number of carbonyl (C=O) groups is 1. The molecule has 0 aromatic rings. The van der Waals surface area contributed by atoms with Crippen LogP contribution in [0.25, 0.3) is 0 Å². The summed E-state index contributed by atoms with van der Waals surface area (Å²) in [5.41, 5.74) is 0. The molecular weight excluding hydrogens is 134 g/mol. The van der Waals surface area contributed by atoms with Crippen molar-refractivity contribution in [1.82, 2.24) is 4.90 Å². The summed E-state index contributed by atoms with van der Waals surface area (Å²) in [5, 5.41) is 0.199. The molecule has 1 fully saturated rings. The van der Waals surface area contributed by atoms with Gasteiger partial charge in [-0.05, 0) is 13.8 Å². The van der Waals surface area contributed by atoms with Gasteiger partial charge in [0.2, 0.25) is 5.91 Å². The molecule has 1 saturated heterocycles. The van der Waals surface area contributed by atoms with Gasteiger partial charge in [-0.3, -0.25) is 4.79 Å². The van der Waals surface area contributed by atoms with Crippen molar-refractivity contribution in [2.75, 3.05) is 12.4 Å². The topological polar surface area (TPSA) is 20.3 Å². The molecule has 0 spiro atoms. The van der Waals surface area contributed by atoms with Gasteiger partial charge >= 0.3 is 0 Å². The molecular formula is C6H11NOS. The average molecular weight is 145 g/mol. The molecule has 0 N–H and O–H groups in total. The zero-order valence-corrected chi connectivity index (χ0v) is 6.57. The van der Waals surface area contributed by atoms with E-state index in [1.54, 1.807) is 11.8 Å². The molecule has 0 aromatic heterocycles. The van der Waals surface area contributed by atoms with Gasteiger partial charge < -0.3 is 4.90 Å². The third kappa shape index (κ3) is 1.21. The zero-order valence-electron chi connectivity index (χ0n) is 5.76. The summed E-state index contributed by atoms with van der Waals surface area (Å²) in [6.45, 7) is 4.83. The molecule has 0 radical (unpaired) electrons. The van der Waals surface area contributed by atoms with Crippen LogP contribution in [0.15, 0.2) is 0 Å². The Bertz CT molecular complexity index is 126. The van der Waals surface area contributed by atoms with Gasteiger partial charge in [0.25, 0.3) is 0 Å². The monoisotopic (exact) mass is 145 g/mol. The first-order chi connectivity index (χ1) is 4.25. The van der Waals surface area contributed by atoms with Crippen LogP contribution in [0.1, 0.15) is 13.8 Å². The highest BCUT2D eigenvalue weighted by Gasteiger charge is 2.26. The lowest BCUT2D eigenvalue weighted by Crippen LogP contribution is -2.27. The number of hydrogen-bond acceptors (Lipinski definition) is 2. The first kappa shape index (κ1) is 6.93. The van der Waals surface area contributed by atoms with Gasteiger partial charge in [0, 0.05) is 6.54 Å². The Labute approximate surface area is 59.6 Å². The summed E-state index contributed by atoms with van der Waals surface area (Å²) < 4.78 is 0. The van der Waals surface area contributed by atoms with Gasteiger partial charge in [-0.15, -0.1) is 11.8 Å². The molecule has 52 valence electrons. The number of nitrogens with zero attached hydrogens (tertiary/aromatic N) is 1. The summed E-state index contributed by atoms with van der Waals surface area (Å²) in [4.78, 5) is 12.9. The van der Waals surface area contributed by atoms with E-state index >= 15 is 0 Å². The van der Waals surface area contributed by atoms with Crippen molar-refractivity contribution in [3.8, 4) is 0 Å². The largest absolute Gasteiger partial charge is 0.333 e. The second kappa shape index (κ2) is 2.60. The van der Waals surface area contributed by atoms with E-state index in [-0.39, 0.29) is 5.25 Å². The molecule has 0 aliphatic carbocycles. The van der Waals surface area contributed by atoms with Gasteiger partial charge in [-0.1, -0.05) is 0 Å². The Morgan fingerprint density at radius 1 is 1.89 bits per heavy atom. The summed E-state index contributed by atoms with van der Waals surface area (Å²) in [5.74, 6) is 1.18. The maximum absolute atomic E-state index is 11.0. The lowest BCUT2D eigenvalue weighted by atomic mass is 10.4. The number of hydrogen-bond donors (Lipinski definition) is 0. The van der Waals surface area contributed by atoms with Crippen LogP contribution in [-0.4, -0.2) is 28.5 Å². The van der Waals surface area contributed by atoms with Crippen LogP contribution in [-0.2, 0) is 4.79 Å². The summed E-state index contributed by atoms with van der Waals surface area (Å²) in [7, 11) is 0. The van der Waals surface area contributed by atoms with Gasteiger partial charge in [0.1, 0.15) is 0 Å². The lowest BCUT2D eigenvalue weighted by Gasteiger charge is -2.10. The second-order valence-electron chi connectivity index (χ2n) is 2.13. The van der Waals surface area contributed by atoms with E-state index in [4.69, 9.17) is 0 Å². The third-order valence-corrected chi connectivity index (χ3v) is 2.68. The molecule has 9 heavy (non-hydrogen) atoms. The molecule has 1 rings (SSSR count). The van der Waals surface area contributed by atoms with Crippen molar-refractivity contribution in [3.05, 3.63) is 0 Å². The highest BCUT2D eigenvalue weighted by Crippen LogP contribution is 2.22. The van der Waals surface area contributed by atoms with Crippen LogP contribution in [0.3, 0.4) is 0 Å². The van der Waals surface area contributed by atoms with E-state index in [1.807, 2.05) is 18.7 Å². The zero-order chi connectivity index (χ0) is 6.85. The van der Waals surface area contributed by atoms with Crippen LogP contribution >= 0.6 is 11.8 Å². The predicted molar refractivity (Wildman–Crippen MR) is 39.3 cm³/mol. The fourth-order valence-corrected chi connectivity index (χ4v) is 1.85. The Hall–Kier alpha value is -0.180. The Morgan fingerprint density at radius 2 is 2.56 bits per heavy atom. The molecule has 1 amide bonds. The molecule has 1 unspecified atom stereocenters. The van der Waals surface area contributed by atoms with Gasteiger partial charge in [0.15, 0.2) is 0 Å². The maximum atomic E-state index is 11.0.